The highest BCUT2D eigenvalue weighted by Gasteiger charge is 2.20. The zero-order valence-electron chi connectivity index (χ0n) is 23.5. The molecule has 0 saturated carbocycles. The van der Waals surface area contributed by atoms with Crippen LogP contribution >= 0.6 is 0 Å². The normalized spacial score (nSPS) is 13.5. The summed E-state index contributed by atoms with van der Waals surface area (Å²) in [5, 5.41) is 0. The van der Waals surface area contributed by atoms with Crippen molar-refractivity contribution in [2.45, 2.75) is 195 Å². The molecule has 0 fully saturated rings. The van der Waals surface area contributed by atoms with Gasteiger partial charge in [0.15, 0.2) is 0 Å². The average molecular weight is 451 g/mol. The molecule has 0 aliphatic rings. The molecule has 0 aromatic rings. The smallest absolute Gasteiger partial charge is 0.0386 e. The maximum atomic E-state index is 2.37. The Morgan fingerprint density at radius 2 is 0.438 bits per heavy atom. The van der Waals surface area contributed by atoms with Crippen LogP contribution in [0.2, 0.25) is 0 Å². The van der Waals surface area contributed by atoms with Crippen LogP contribution in [-0.2, 0) is 0 Å². The van der Waals surface area contributed by atoms with Crippen LogP contribution in [0, 0.1) is 11.8 Å². The minimum Gasteiger partial charge on any atom is -0.0654 e. The second kappa shape index (κ2) is 27.2. The molecule has 0 N–H and O–H groups in total. The minimum absolute atomic E-state index is 1.03. The molecule has 0 aromatic heterocycles. The van der Waals surface area contributed by atoms with E-state index < -0.39 is 0 Å². The molecule has 0 saturated heterocycles. The Bertz CT molecular complexity index is 288. The summed E-state index contributed by atoms with van der Waals surface area (Å²) in [4.78, 5) is 0. The van der Waals surface area contributed by atoms with Crippen LogP contribution in [0.3, 0.4) is 0 Å². The van der Waals surface area contributed by atoms with E-state index in [-0.39, 0.29) is 0 Å². The van der Waals surface area contributed by atoms with Gasteiger partial charge in [0.2, 0.25) is 0 Å². The Balaban J connectivity index is 4.37. The van der Waals surface area contributed by atoms with Crippen LogP contribution in [0.4, 0.5) is 0 Å². The number of unbranched alkanes of at least 4 members (excludes halogenated alkanes) is 18. The molecule has 194 valence electrons. The molecule has 0 aliphatic heterocycles. The highest BCUT2D eigenvalue weighted by Crippen LogP contribution is 2.33. The first-order chi connectivity index (χ1) is 15.8. The van der Waals surface area contributed by atoms with E-state index in [9.17, 15) is 0 Å². The summed E-state index contributed by atoms with van der Waals surface area (Å²) in [5.74, 6) is 2.06. The third-order valence-corrected chi connectivity index (χ3v) is 7.88. The fraction of sp³-hybridized carbons (Fsp3) is 1.00. The standard InChI is InChI=1S/C32H66/c1-5-9-13-15-17-19-21-25-29-31(27-23-11-7-3)32(28-24-12-8-4)30-26-22-20-18-16-14-10-6-2/h31-32H,5-30H2,1-4H3. The van der Waals surface area contributed by atoms with E-state index in [1.165, 1.54) is 167 Å². The molecular weight excluding hydrogens is 384 g/mol. The summed E-state index contributed by atoms with van der Waals surface area (Å²) in [6.07, 6.45) is 38.2. The Labute approximate surface area is 206 Å². The van der Waals surface area contributed by atoms with Crippen molar-refractivity contribution in [1.82, 2.24) is 0 Å². The van der Waals surface area contributed by atoms with Crippen LogP contribution in [0.15, 0.2) is 0 Å². The van der Waals surface area contributed by atoms with E-state index in [0.29, 0.717) is 0 Å². The lowest BCUT2D eigenvalue weighted by molar-refractivity contribution is 0.237. The van der Waals surface area contributed by atoms with Gasteiger partial charge in [0.1, 0.15) is 0 Å². The maximum absolute atomic E-state index is 2.37. The Kier molecular flexibility index (Phi) is 27.2. The van der Waals surface area contributed by atoms with Crippen LogP contribution in [-0.4, -0.2) is 0 Å². The van der Waals surface area contributed by atoms with Crippen molar-refractivity contribution < 1.29 is 0 Å². The van der Waals surface area contributed by atoms with Crippen molar-refractivity contribution in [3.05, 3.63) is 0 Å². The molecule has 0 aromatic carbocycles. The van der Waals surface area contributed by atoms with Gasteiger partial charge in [-0.15, -0.1) is 0 Å². The predicted molar refractivity (Wildman–Crippen MR) is 150 cm³/mol. The van der Waals surface area contributed by atoms with Crippen LogP contribution < -0.4 is 0 Å². The molecule has 2 unspecified atom stereocenters. The van der Waals surface area contributed by atoms with E-state index in [4.69, 9.17) is 0 Å². The van der Waals surface area contributed by atoms with E-state index in [0.717, 1.165) is 11.8 Å². The summed E-state index contributed by atoms with van der Waals surface area (Å²) in [6, 6.07) is 0. The second-order valence-corrected chi connectivity index (χ2v) is 11.0. The van der Waals surface area contributed by atoms with Crippen molar-refractivity contribution >= 4 is 0 Å². The lowest BCUT2D eigenvalue weighted by Gasteiger charge is -2.28. The first-order valence-electron chi connectivity index (χ1n) is 15.8. The molecule has 32 heavy (non-hydrogen) atoms. The third-order valence-electron chi connectivity index (χ3n) is 7.88. The topological polar surface area (TPSA) is 0 Å². The Morgan fingerprint density at radius 1 is 0.250 bits per heavy atom. The van der Waals surface area contributed by atoms with Gasteiger partial charge in [-0.25, -0.2) is 0 Å². The van der Waals surface area contributed by atoms with Gasteiger partial charge >= 0.3 is 0 Å². The molecule has 0 bridgehead atoms. The van der Waals surface area contributed by atoms with Crippen molar-refractivity contribution in [2.24, 2.45) is 11.8 Å². The fourth-order valence-electron chi connectivity index (χ4n) is 5.63. The molecule has 0 spiro atoms. The van der Waals surface area contributed by atoms with Crippen molar-refractivity contribution in [3.63, 3.8) is 0 Å². The van der Waals surface area contributed by atoms with E-state index >= 15 is 0 Å². The zero-order chi connectivity index (χ0) is 23.5. The first kappa shape index (κ1) is 32.0. The fourth-order valence-corrected chi connectivity index (χ4v) is 5.63. The zero-order valence-corrected chi connectivity index (χ0v) is 23.5. The molecule has 0 amide bonds. The van der Waals surface area contributed by atoms with Gasteiger partial charge in [-0.2, -0.15) is 0 Å². The highest BCUT2D eigenvalue weighted by atomic mass is 14.3. The molecule has 2 atom stereocenters. The predicted octanol–water partition coefficient (Wildman–Crippen LogP) is 12.4. The molecule has 0 heterocycles. The molecule has 0 rings (SSSR count). The summed E-state index contributed by atoms with van der Waals surface area (Å²) >= 11 is 0. The maximum Gasteiger partial charge on any atom is -0.0386 e. The summed E-state index contributed by atoms with van der Waals surface area (Å²) in [5.41, 5.74) is 0. The van der Waals surface area contributed by atoms with E-state index in [1.807, 2.05) is 0 Å². The van der Waals surface area contributed by atoms with Gasteiger partial charge in [0, 0.05) is 0 Å². The van der Waals surface area contributed by atoms with Gasteiger partial charge < -0.3 is 0 Å². The summed E-state index contributed by atoms with van der Waals surface area (Å²) in [6.45, 7) is 9.38. The number of hydrogen-bond donors (Lipinski definition) is 0. The van der Waals surface area contributed by atoms with Gasteiger partial charge in [-0.05, 0) is 11.8 Å². The molecule has 0 heteroatoms. The van der Waals surface area contributed by atoms with Crippen LogP contribution in [0.25, 0.3) is 0 Å². The van der Waals surface area contributed by atoms with Gasteiger partial charge in [-0.1, -0.05) is 195 Å². The van der Waals surface area contributed by atoms with E-state index in [2.05, 4.69) is 27.7 Å². The molecule has 0 radical (unpaired) electrons. The summed E-state index contributed by atoms with van der Waals surface area (Å²) < 4.78 is 0. The monoisotopic (exact) mass is 451 g/mol. The van der Waals surface area contributed by atoms with Crippen molar-refractivity contribution in [3.8, 4) is 0 Å². The highest BCUT2D eigenvalue weighted by molar-refractivity contribution is 4.72. The van der Waals surface area contributed by atoms with Crippen LogP contribution in [0.1, 0.15) is 195 Å². The SMILES string of the molecule is CCCCCCCCCCC(CCCCC)C(CCCCC)CCCCCCCCCC. The minimum atomic E-state index is 1.03. The third kappa shape index (κ3) is 21.8. The Morgan fingerprint density at radius 3 is 0.719 bits per heavy atom. The van der Waals surface area contributed by atoms with Crippen molar-refractivity contribution in [1.29, 1.82) is 0 Å². The largest absolute Gasteiger partial charge is 0.0654 e. The Hall–Kier alpha value is 0. The van der Waals surface area contributed by atoms with Crippen molar-refractivity contribution in [2.75, 3.05) is 0 Å². The second-order valence-electron chi connectivity index (χ2n) is 11.0. The van der Waals surface area contributed by atoms with Gasteiger partial charge in [-0.3, -0.25) is 0 Å². The van der Waals surface area contributed by atoms with Gasteiger partial charge in [0.25, 0.3) is 0 Å². The summed E-state index contributed by atoms with van der Waals surface area (Å²) in [7, 11) is 0. The lowest BCUT2D eigenvalue weighted by Crippen LogP contribution is -2.16. The first-order valence-corrected chi connectivity index (χ1v) is 15.8. The molecule has 0 aliphatic carbocycles. The number of hydrogen-bond acceptors (Lipinski definition) is 0. The lowest BCUT2D eigenvalue weighted by atomic mass is 9.78. The average Bonchev–Trinajstić information content (AvgIpc) is 2.80. The quantitative estimate of drug-likeness (QED) is 0.109. The van der Waals surface area contributed by atoms with Crippen LogP contribution in [0.5, 0.6) is 0 Å². The van der Waals surface area contributed by atoms with E-state index in [1.54, 1.807) is 0 Å². The van der Waals surface area contributed by atoms with Gasteiger partial charge in [0.05, 0.1) is 0 Å². The molecule has 0 nitrogen and oxygen atoms in total. The molecular formula is C32H66. The number of rotatable bonds is 27.